The summed E-state index contributed by atoms with van der Waals surface area (Å²) in [5.74, 6) is -0.241. The molecule has 0 aliphatic carbocycles. The fourth-order valence-electron chi connectivity index (χ4n) is 2.81. The number of benzene rings is 3. The summed E-state index contributed by atoms with van der Waals surface area (Å²) in [5, 5.41) is 14.5. The maximum absolute atomic E-state index is 12.7. The summed E-state index contributed by atoms with van der Waals surface area (Å²) in [4.78, 5) is 25.3. The molecule has 30 heavy (non-hydrogen) atoms. The first-order chi connectivity index (χ1) is 14.5. The largest absolute Gasteiger partial charge is 0.481 e. The first kappa shape index (κ1) is 20.6. The Morgan fingerprint density at radius 1 is 0.967 bits per heavy atom. The highest BCUT2D eigenvalue weighted by atomic mass is 16.5. The monoisotopic (exact) mass is 399 g/mol. The second-order valence-electron chi connectivity index (χ2n) is 6.75. The third kappa shape index (κ3) is 5.24. The van der Waals surface area contributed by atoms with E-state index in [1.807, 2.05) is 31.2 Å². The van der Waals surface area contributed by atoms with Gasteiger partial charge in [-0.15, -0.1) is 0 Å². The molecule has 3 rings (SSSR count). The van der Waals surface area contributed by atoms with Crippen LogP contribution in [-0.2, 0) is 4.79 Å². The van der Waals surface area contributed by atoms with E-state index in [4.69, 9.17) is 10.00 Å². The summed E-state index contributed by atoms with van der Waals surface area (Å²) in [7, 11) is 0. The Hall–Kier alpha value is -4.11. The van der Waals surface area contributed by atoms with Gasteiger partial charge in [-0.05, 0) is 67.9 Å². The van der Waals surface area contributed by atoms with Gasteiger partial charge in [0.15, 0.2) is 6.10 Å². The lowest BCUT2D eigenvalue weighted by atomic mass is 10.1. The molecule has 0 bridgehead atoms. The van der Waals surface area contributed by atoms with Crippen LogP contribution in [0.1, 0.15) is 28.4 Å². The van der Waals surface area contributed by atoms with E-state index < -0.39 is 12.0 Å². The average Bonchev–Trinajstić information content (AvgIpc) is 2.74. The second kappa shape index (κ2) is 9.39. The molecule has 0 radical (unpaired) electrons. The number of amides is 2. The first-order valence-corrected chi connectivity index (χ1v) is 9.41. The molecule has 0 saturated heterocycles. The fourth-order valence-corrected chi connectivity index (χ4v) is 2.81. The van der Waals surface area contributed by atoms with Crippen molar-refractivity contribution in [1.82, 2.24) is 0 Å². The predicted molar refractivity (Wildman–Crippen MR) is 115 cm³/mol. The molecule has 3 aromatic rings. The molecule has 0 aliphatic heterocycles. The third-order valence-electron chi connectivity index (χ3n) is 4.37. The lowest BCUT2D eigenvalue weighted by Gasteiger charge is -2.16. The van der Waals surface area contributed by atoms with Gasteiger partial charge in [0.2, 0.25) is 0 Å². The Labute approximate surface area is 175 Å². The Morgan fingerprint density at radius 2 is 1.70 bits per heavy atom. The number of nitrogens with one attached hydrogen (secondary N) is 2. The molecule has 0 aromatic heterocycles. The van der Waals surface area contributed by atoms with Gasteiger partial charge in [-0.2, -0.15) is 5.26 Å². The number of hydrogen-bond donors (Lipinski definition) is 2. The molecule has 2 amide bonds. The normalized spacial score (nSPS) is 11.1. The van der Waals surface area contributed by atoms with Gasteiger partial charge in [0.05, 0.1) is 22.9 Å². The van der Waals surface area contributed by atoms with E-state index in [0.717, 1.165) is 5.56 Å². The number of aryl methyl sites for hydroxylation is 1. The minimum absolute atomic E-state index is 0.322. The van der Waals surface area contributed by atoms with Crippen LogP contribution in [0.2, 0.25) is 0 Å². The zero-order chi connectivity index (χ0) is 21.5. The Kier molecular flexibility index (Phi) is 6.46. The number of hydrogen-bond acceptors (Lipinski definition) is 4. The molecule has 0 spiro atoms. The molecule has 0 aliphatic rings. The summed E-state index contributed by atoms with van der Waals surface area (Å²) in [5.41, 5.74) is 2.95. The number of ether oxygens (including phenoxy) is 1. The van der Waals surface area contributed by atoms with Gasteiger partial charge < -0.3 is 15.4 Å². The molecule has 0 saturated carbocycles. The van der Waals surface area contributed by atoms with Crippen LogP contribution in [0, 0.1) is 18.3 Å². The smallest absolute Gasteiger partial charge is 0.265 e. The summed E-state index contributed by atoms with van der Waals surface area (Å²) in [6.07, 6.45) is -0.800. The lowest BCUT2D eigenvalue weighted by Crippen LogP contribution is -2.31. The fraction of sp³-hybridized carbons (Fsp3) is 0.125. The number of nitriles is 1. The van der Waals surface area contributed by atoms with Gasteiger partial charge in [-0.3, -0.25) is 9.59 Å². The van der Waals surface area contributed by atoms with E-state index >= 15 is 0 Å². The number of carbonyl (C=O) groups excluding carboxylic acids is 2. The molecule has 1 atom stereocenters. The topological polar surface area (TPSA) is 91.2 Å². The number of para-hydroxylation sites is 1. The average molecular weight is 399 g/mol. The molecule has 150 valence electrons. The Morgan fingerprint density at radius 3 is 2.40 bits per heavy atom. The van der Waals surface area contributed by atoms with Crippen molar-refractivity contribution >= 4 is 23.2 Å². The van der Waals surface area contributed by atoms with Gasteiger partial charge in [0.25, 0.3) is 11.8 Å². The van der Waals surface area contributed by atoms with Gasteiger partial charge in [0, 0.05) is 5.69 Å². The van der Waals surface area contributed by atoms with Gasteiger partial charge in [-0.25, -0.2) is 0 Å². The second-order valence-corrected chi connectivity index (χ2v) is 6.75. The van der Waals surface area contributed by atoms with Crippen LogP contribution in [0.4, 0.5) is 11.4 Å². The number of anilines is 2. The van der Waals surface area contributed by atoms with E-state index in [9.17, 15) is 9.59 Å². The number of rotatable bonds is 6. The quantitative estimate of drug-likeness (QED) is 0.637. The van der Waals surface area contributed by atoms with Crippen LogP contribution in [0.3, 0.4) is 0 Å². The molecule has 3 aromatic carbocycles. The van der Waals surface area contributed by atoms with Crippen molar-refractivity contribution in [3.8, 4) is 11.8 Å². The standard InChI is InChI=1S/C24H21N3O3/c1-16-6-5-7-19(14-16)26-24(29)21-8-3-4-9-22(21)27-23(28)17(2)30-20-12-10-18(15-25)11-13-20/h3-14,17H,1-2H3,(H,26,29)(H,27,28). The summed E-state index contributed by atoms with van der Waals surface area (Å²) in [6.45, 7) is 3.56. The van der Waals surface area contributed by atoms with Crippen molar-refractivity contribution in [3.63, 3.8) is 0 Å². The molecule has 0 heterocycles. The van der Waals surface area contributed by atoms with Crippen LogP contribution < -0.4 is 15.4 Å². The third-order valence-corrected chi connectivity index (χ3v) is 4.37. The summed E-state index contributed by atoms with van der Waals surface area (Å²) < 4.78 is 5.64. The molecule has 1 unspecified atom stereocenters. The zero-order valence-electron chi connectivity index (χ0n) is 16.7. The van der Waals surface area contributed by atoms with Crippen molar-refractivity contribution < 1.29 is 14.3 Å². The molecule has 6 nitrogen and oxygen atoms in total. The van der Waals surface area contributed by atoms with Crippen LogP contribution >= 0.6 is 0 Å². The van der Waals surface area contributed by atoms with Gasteiger partial charge in [-0.1, -0.05) is 24.3 Å². The number of nitrogens with zero attached hydrogens (tertiary/aromatic N) is 1. The Bertz CT molecular complexity index is 1100. The maximum Gasteiger partial charge on any atom is 0.265 e. The van der Waals surface area contributed by atoms with E-state index in [0.29, 0.717) is 28.3 Å². The first-order valence-electron chi connectivity index (χ1n) is 9.41. The van der Waals surface area contributed by atoms with Crippen LogP contribution in [-0.4, -0.2) is 17.9 Å². The van der Waals surface area contributed by atoms with Crippen molar-refractivity contribution in [1.29, 1.82) is 5.26 Å². The molecular formula is C24H21N3O3. The van der Waals surface area contributed by atoms with E-state index in [2.05, 4.69) is 10.6 Å². The van der Waals surface area contributed by atoms with Crippen molar-refractivity contribution in [3.05, 3.63) is 89.5 Å². The van der Waals surface area contributed by atoms with Crippen molar-refractivity contribution in [2.45, 2.75) is 20.0 Å². The van der Waals surface area contributed by atoms with E-state index in [1.54, 1.807) is 61.5 Å². The highest BCUT2D eigenvalue weighted by Gasteiger charge is 2.18. The minimum Gasteiger partial charge on any atom is -0.481 e. The Balaban J connectivity index is 1.69. The predicted octanol–water partition coefficient (Wildman–Crippen LogP) is 4.53. The summed E-state index contributed by atoms with van der Waals surface area (Å²) in [6, 6.07) is 22.8. The van der Waals surface area contributed by atoms with Crippen molar-refractivity contribution in [2.75, 3.05) is 10.6 Å². The SMILES string of the molecule is Cc1cccc(NC(=O)c2ccccc2NC(=O)C(C)Oc2ccc(C#N)cc2)c1. The van der Waals surface area contributed by atoms with Crippen LogP contribution in [0.5, 0.6) is 5.75 Å². The highest BCUT2D eigenvalue weighted by Crippen LogP contribution is 2.19. The highest BCUT2D eigenvalue weighted by molar-refractivity contribution is 6.10. The van der Waals surface area contributed by atoms with E-state index in [1.165, 1.54) is 0 Å². The van der Waals surface area contributed by atoms with Crippen LogP contribution in [0.15, 0.2) is 72.8 Å². The summed E-state index contributed by atoms with van der Waals surface area (Å²) >= 11 is 0. The lowest BCUT2D eigenvalue weighted by molar-refractivity contribution is -0.122. The van der Waals surface area contributed by atoms with Crippen molar-refractivity contribution in [2.24, 2.45) is 0 Å². The zero-order valence-corrected chi connectivity index (χ0v) is 16.7. The van der Waals surface area contributed by atoms with Crippen LogP contribution in [0.25, 0.3) is 0 Å². The molecule has 2 N–H and O–H groups in total. The minimum atomic E-state index is -0.800. The molecular weight excluding hydrogens is 378 g/mol. The van der Waals surface area contributed by atoms with Gasteiger partial charge in [0.1, 0.15) is 5.75 Å². The molecule has 6 heteroatoms. The van der Waals surface area contributed by atoms with E-state index in [-0.39, 0.29) is 5.91 Å². The molecule has 0 fully saturated rings. The maximum atomic E-state index is 12.7. The van der Waals surface area contributed by atoms with Gasteiger partial charge >= 0.3 is 0 Å². The number of carbonyl (C=O) groups is 2.